The van der Waals surface area contributed by atoms with E-state index in [1.807, 2.05) is 30.0 Å². The summed E-state index contributed by atoms with van der Waals surface area (Å²) in [4.78, 5) is 19.5. The van der Waals surface area contributed by atoms with Crippen LogP contribution in [0.15, 0.2) is 77.8 Å². The number of rotatable bonds is 7. The highest BCUT2D eigenvalue weighted by molar-refractivity contribution is 7.92. The molecule has 4 rings (SSSR count). The summed E-state index contributed by atoms with van der Waals surface area (Å²) in [5.41, 5.74) is 2.88. The lowest BCUT2D eigenvalue weighted by Crippen LogP contribution is -2.33. The van der Waals surface area contributed by atoms with Crippen LogP contribution in [0.25, 0.3) is 0 Å². The summed E-state index contributed by atoms with van der Waals surface area (Å²) in [5.74, 6) is -0.0660. The van der Waals surface area contributed by atoms with Gasteiger partial charge in [0.1, 0.15) is 0 Å². The maximum absolute atomic E-state index is 13.1. The van der Waals surface area contributed by atoms with Crippen LogP contribution in [-0.4, -0.2) is 37.3 Å². The van der Waals surface area contributed by atoms with Crippen LogP contribution < -0.4 is 4.31 Å². The van der Waals surface area contributed by atoms with Crippen LogP contribution in [0.3, 0.4) is 0 Å². The number of pyridine rings is 1. The molecule has 1 aliphatic rings. The van der Waals surface area contributed by atoms with Gasteiger partial charge in [-0.25, -0.2) is 8.42 Å². The molecule has 31 heavy (non-hydrogen) atoms. The van der Waals surface area contributed by atoms with Crippen molar-refractivity contribution in [1.82, 2.24) is 9.88 Å². The van der Waals surface area contributed by atoms with Gasteiger partial charge in [0.15, 0.2) is 0 Å². The molecule has 1 aromatic heterocycles. The largest absolute Gasteiger partial charge is 0.330 e. The molecule has 0 spiro atoms. The van der Waals surface area contributed by atoms with Crippen molar-refractivity contribution >= 4 is 21.6 Å². The number of benzene rings is 2. The molecule has 0 N–H and O–H groups in total. The Kier molecular flexibility index (Phi) is 5.78. The van der Waals surface area contributed by atoms with Gasteiger partial charge in [-0.1, -0.05) is 23.8 Å². The number of anilines is 1. The normalized spacial score (nSPS) is 13.6. The van der Waals surface area contributed by atoms with E-state index in [0.717, 1.165) is 24.1 Å². The van der Waals surface area contributed by atoms with Crippen molar-refractivity contribution in [3.63, 3.8) is 0 Å². The number of aryl methyl sites for hydroxylation is 1. The molecular formula is C24H25N3O3S. The van der Waals surface area contributed by atoms with Crippen LogP contribution >= 0.6 is 0 Å². The molecule has 0 aliphatic heterocycles. The van der Waals surface area contributed by atoms with Crippen molar-refractivity contribution in [2.75, 3.05) is 11.4 Å². The van der Waals surface area contributed by atoms with Gasteiger partial charge >= 0.3 is 0 Å². The van der Waals surface area contributed by atoms with Crippen LogP contribution in [0.2, 0.25) is 0 Å². The van der Waals surface area contributed by atoms with Crippen molar-refractivity contribution in [2.24, 2.45) is 0 Å². The van der Waals surface area contributed by atoms with Gasteiger partial charge in [-0.2, -0.15) is 0 Å². The Hall–Kier alpha value is -3.19. The molecule has 0 unspecified atom stereocenters. The van der Waals surface area contributed by atoms with Crippen LogP contribution in [0.5, 0.6) is 0 Å². The Bertz CT molecular complexity index is 1160. The van der Waals surface area contributed by atoms with Gasteiger partial charge in [0.2, 0.25) is 0 Å². The molecule has 7 heteroatoms. The predicted molar refractivity (Wildman–Crippen MR) is 120 cm³/mol. The van der Waals surface area contributed by atoms with E-state index in [1.54, 1.807) is 54.7 Å². The standard InChI is InChI=1S/C24H25N3O3S/c1-18-6-14-23(15-7-18)31(29,30)26(2)21-10-8-19(9-11-21)24(28)27(22-12-13-22)17-20-5-3-4-16-25-20/h3-11,14-16,22H,12-13,17H2,1-2H3. The molecule has 1 aliphatic carbocycles. The van der Waals surface area contributed by atoms with Crippen LogP contribution in [0, 0.1) is 6.92 Å². The number of carbonyl (C=O) groups excluding carboxylic acids is 1. The number of hydrogen-bond acceptors (Lipinski definition) is 4. The first kappa shape index (κ1) is 21.1. The minimum Gasteiger partial charge on any atom is -0.330 e. The van der Waals surface area contributed by atoms with Gasteiger partial charge in [0.05, 0.1) is 22.8 Å². The quantitative estimate of drug-likeness (QED) is 0.562. The van der Waals surface area contributed by atoms with Gasteiger partial charge < -0.3 is 4.90 Å². The number of sulfonamides is 1. The van der Waals surface area contributed by atoms with Crippen molar-refractivity contribution in [3.05, 3.63) is 89.7 Å². The van der Waals surface area contributed by atoms with E-state index in [1.165, 1.54) is 11.4 Å². The van der Waals surface area contributed by atoms with Crippen molar-refractivity contribution in [1.29, 1.82) is 0 Å². The molecule has 1 saturated carbocycles. The van der Waals surface area contributed by atoms with Gasteiger partial charge in [-0.05, 0) is 68.3 Å². The van der Waals surface area contributed by atoms with Crippen LogP contribution in [0.1, 0.15) is 34.5 Å². The Morgan fingerprint density at radius 1 is 1.00 bits per heavy atom. The zero-order valence-electron chi connectivity index (χ0n) is 17.6. The molecule has 0 radical (unpaired) electrons. The highest BCUT2D eigenvalue weighted by Gasteiger charge is 2.33. The zero-order chi connectivity index (χ0) is 22.0. The summed E-state index contributed by atoms with van der Waals surface area (Å²) in [5, 5.41) is 0. The van der Waals surface area contributed by atoms with Gasteiger partial charge in [0.25, 0.3) is 15.9 Å². The molecule has 1 heterocycles. The van der Waals surface area contributed by atoms with Crippen LogP contribution in [0.4, 0.5) is 5.69 Å². The van der Waals surface area contributed by atoms with Gasteiger partial charge in [-0.3, -0.25) is 14.1 Å². The number of aromatic nitrogens is 1. The third-order valence-electron chi connectivity index (χ3n) is 5.46. The molecule has 1 fully saturated rings. The zero-order valence-corrected chi connectivity index (χ0v) is 18.4. The van der Waals surface area contributed by atoms with E-state index in [0.29, 0.717) is 17.8 Å². The Morgan fingerprint density at radius 3 is 2.26 bits per heavy atom. The molecule has 0 saturated heterocycles. The summed E-state index contributed by atoms with van der Waals surface area (Å²) in [7, 11) is -2.16. The van der Waals surface area contributed by atoms with E-state index >= 15 is 0 Å². The highest BCUT2D eigenvalue weighted by atomic mass is 32.2. The predicted octanol–water partition coefficient (Wildman–Crippen LogP) is 4.02. The molecule has 160 valence electrons. The smallest absolute Gasteiger partial charge is 0.264 e. The van der Waals surface area contributed by atoms with Gasteiger partial charge in [-0.15, -0.1) is 0 Å². The first-order chi connectivity index (χ1) is 14.9. The minimum atomic E-state index is -3.67. The van der Waals surface area contributed by atoms with E-state index in [4.69, 9.17) is 0 Å². The highest BCUT2D eigenvalue weighted by Crippen LogP contribution is 2.30. The number of nitrogens with zero attached hydrogens (tertiary/aromatic N) is 3. The summed E-state index contributed by atoms with van der Waals surface area (Å²) in [6.45, 7) is 2.38. The maximum atomic E-state index is 13.1. The first-order valence-corrected chi connectivity index (χ1v) is 11.7. The summed E-state index contributed by atoms with van der Waals surface area (Å²) in [6.07, 6.45) is 3.71. The first-order valence-electron chi connectivity index (χ1n) is 10.2. The van der Waals surface area contributed by atoms with E-state index in [9.17, 15) is 13.2 Å². The van der Waals surface area contributed by atoms with Crippen molar-refractivity contribution in [2.45, 2.75) is 37.2 Å². The molecular weight excluding hydrogens is 410 g/mol. The lowest BCUT2D eigenvalue weighted by Gasteiger charge is -2.23. The molecule has 6 nitrogen and oxygen atoms in total. The van der Waals surface area contributed by atoms with E-state index < -0.39 is 10.0 Å². The van der Waals surface area contributed by atoms with Gasteiger partial charge in [0, 0.05) is 24.8 Å². The third-order valence-corrected chi connectivity index (χ3v) is 7.26. The fourth-order valence-corrected chi connectivity index (χ4v) is 4.60. The lowest BCUT2D eigenvalue weighted by atomic mass is 10.1. The average molecular weight is 436 g/mol. The Labute approximate surface area is 183 Å². The summed E-state index contributed by atoms with van der Waals surface area (Å²) >= 11 is 0. The summed E-state index contributed by atoms with van der Waals surface area (Å²) in [6, 6.07) is 19.4. The average Bonchev–Trinajstić information content (AvgIpc) is 3.63. The van der Waals surface area contributed by atoms with E-state index in [-0.39, 0.29) is 16.8 Å². The second kappa shape index (κ2) is 8.51. The third kappa shape index (κ3) is 4.61. The second-order valence-corrected chi connectivity index (χ2v) is 9.79. The molecule has 1 amide bonds. The fraction of sp³-hybridized carbons (Fsp3) is 0.250. The monoisotopic (exact) mass is 435 g/mol. The topological polar surface area (TPSA) is 70.6 Å². The Morgan fingerprint density at radius 2 is 1.68 bits per heavy atom. The molecule has 3 aromatic rings. The van der Waals surface area contributed by atoms with Crippen molar-refractivity contribution in [3.8, 4) is 0 Å². The minimum absolute atomic E-state index is 0.0660. The molecule has 0 bridgehead atoms. The van der Waals surface area contributed by atoms with E-state index in [2.05, 4.69) is 4.98 Å². The number of amides is 1. The van der Waals surface area contributed by atoms with Crippen LogP contribution in [-0.2, 0) is 16.6 Å². The number of carbonyl (C=O) groups is 1. The molecule has 0 atom stereocenters. The lowest BCUT2D eigenvalue weighted by molar-refractivity contribution is 0.0727. The number of hydrogen-bond donors (Lipinski definition) is 0. The second-order valence-electron chi connectivity index (χ2n) is 7.82. The summed E-state index contributed by atoms with van der Waals surface area (Å²) < 4.78 is 27.1. The SMILES string of the molecule is Cc1ccc(S(=O)(=O)N(C)c2ccc(C(=O)N(Cc3ccccn3)C3CC3)cc2)cc1. The molecule has 2 aromatic carbocycles. The van der Waals surface area contributed by atoms with Crippen molar-refractivity contribution < 1.29 is 13.2 Å². The fourth-order valence-electron chi connectivity index (χ4n) is 3.41. The Balaban J connectivity index is 1.52. The maximum Gasteiger partial charge on any atom is 0.264 e.